The molecule has 0 saturated carbocycles. The van der Waals surface area contributed by atoms with E-state index in [1.807, 2.05) is 13.0 Å². The number of ether oxygens (including phenoxy) is 2. The van der Waals surface area contributed by atoms with Crippen LogP contribution in [0.15, 0.2) is 83.7 Å². The van der Waals surface area contributed by atoms with Crippen LogP contribution in [0.5, 0.6) is 5.75 Å². The number of nitrogens with zero attached hydrogens (tertiary/aromatic N) is 2. The Labute approximate surface area is 216 Å². The normalized spacial score (nSPS) is 12.0. The predicted molar refractivity (Wildman–Crippen MR) is 141 cm³/mol. The lowest BCUT2D eigenvalue weighted by atomic mass is 10.1. The van der Waals surface area contributed by atoms with Gasteiger partial charge in [0.2, 0.25) is 5.78 Å². The summed E-state index contributed by atoms with van der Waals surface area (Å²) in [5, 5.41) is 10.0. The van der Waals surface area contributed by atoms with Gasteiger partial charge in [0.05, 0.1) is 29.5 Å². The van der Waals surface area contributed by atoms with Gasteiger partial charge in [0.15, 0.2) is 0 Å². The van der Waals surface area contributed by atoms with Crippen molar-refractivity contribution in [1.29, 1.82) is 5.26 Å². The fraction of sp³-hybridized carbons (Fsp3) is 0.103. The Hall–Kier alpha value is -4.74. The summed E-state index contributed by atoms with van der Waals surface area (Å²) in [4.78, 5) is 38.6. The molecule has 0 fully saturated rings. The number of hydrogen-bond donors (Lipinski definition) is 0. The number of thiazole rings is 1. The van der Waals surface area contributed by atoms with Gasteiger partial charge in [0, 0.05) is 5.56 Å². The van der Waals surface area contributed by atoms with Crippen molar-refractivity contribution >= 4 is 34.7 Å². The van der Waals surface area contributed by atoms with Crippen molar-refractivity contribution in [2.45, 2.75) is 6.92 Å². The summed E-state index contributed by atoms with van der Waals surface area (Å²) in [6.07, 6.45) is 1.66. The monoisotopic (exact) mass is 510 g/mol. The third kappa shape index (κ3) is 5.42. The van der Waals surface area contributed by atoms with Gasteiger partial charge >= 0.3 is 5.97 Å². The number of carbonyl (C=O) groups excluding carboxylic acids is 2. The fourth-order valence-corrected chi connectivity index (χ4v) is 4.76. The van der Waals surface area contributed by atoms with E-state index < -0.39 is 11.8 Å². The molecule has 0 aliphatic rings. The van der Waals surface area contributed by atoms with Gasteiger partial charge in [-0.2, -0.15) is 5.26 Å². The maximum absolute atomic E-state index is 13.6. The van der Waals surface area contributed by atoms with E-state index in [0.29, 0.717) is 39.3 Å². The van der Waals surface area contributed by atoms with Crippen LogP contribution in [0.25, 0.3) is 17.3 Å². The van der Waals surface area contributed by atoms with Gasteiger partial charge in [0.25, 0.3) is 5.56 Å². The number of methoxy groups -OCH3 is 1. The number of aromatic nitrogens is 1. The van der Waals surface area contributed by atoms with Crippen LogP contribution in [-0.4, -0.2) is 30.0 Å². The van der Waals surface area contributed by atoms with Gasteiger partial charge in [-0.1, -0.05) is 42.5 Å². The number of hydrogen-bond acceptors (Lipinski definition) is 7. The minimum absolute atomic E-state index is 0.136. The molecule has 184 valence electrons. The molecule has 4 aromatic rings. The molecule has 4 rings (SSSR count). The molecule has 8 heteroatoms. The highest BCUT2D eigenvalue weighted by molar-refractivity contribution is 7.07. The van der Waals surface area contributed by atoms with Crippen molar-refractivity contribution in [2.75, 3.05) is 13.7 Å². The molecule has 3 aromatic carbocycles. The summed E-state index contributed by atoms with van der Waals surface area (Å²) < 4.78 is 12.2. The second-order valence-electron chi connectivity index (χ2n) is 7.78. The highest BCUT2D eigenvalue weighted by Gasteiger charge is 2.18. The Morgan fingerprint density at radius 2 is 1.65 bits per heavy atom. The first-order valence-electron chi connectivity index (χ1n) is 11.4. The first-order valence-corrected chi connectivity index (χ1v) is 12.2. The number of rotatable bonds is 7. The molecular weight excluding hydrogens is 488 g/mol. The molecule has 0 aliphatic carbocycles. The summed E-state index contributed by atoms with van der Waals surface area (Å²) in [6.45, 7) is 2.37. The van der Waals surface area contributed by atoms with Crippen molar-refractivity contribution in [3.63, 3.8) is 0 Å². The predicted octanol–water partition coefficient (Wildman–Crippen LogP) is 3.47. The van der Waals surface area contributed by atoms with E-state index in [0.717, 1.165) is 11.3 Å². The fourth-order valence-electron chi connectivity index (χ4n) is 3.66. The van der Waals surface area contributed by atoms with Gasteiger partial charge in [0.1, 0.15) is 22.1 Å². The lowest BCUT2D eigenvalue weighted by Gasteiger charge is -2.06. The maximum Gasteiger partial charge on any atom is 0.337 e. The lowest BCUT2D eigenvalue weighted by Crippen LogP contribution is -2.31. The van der Waals surface area contributed by atoms with E-state index in [9.17, 15) is 19.6 Å². The van der Waals surface area contributed by atoms with Crippen molar-refractivity contribution in [3.8, 4) is 17.5 Å². The summed E-state index contributed by atoms with van der Waals surface area (Å²) in [5.74, 6) is -0.299. The Balaban J connectivity index is 1.95. The third-order valence-corrected chi connectivity index (χ3v) is 6.54. The minimum Gasteiger partial charge on any atom is -0.494 e. The van der Waals surface area contributed by atoms with Gasteiger partial charge in [-0.15, -0.1) is 11.3 Å². The van der Waals surface area contributed by atoms with E-state index in [1.165, 1.54) is 11.7 Å². The van der Waals surface area contributed by atoms with E-state index in [1.54, 1.807) is 84.9 Å². The van der Waals surface area contributed by atoms with Crippen molar-refractivity contribution in [3.05, 3.63) is 115 Å². The summed E-state index contributed by atoms with van der Waals surface area (Å²) in [7, 11) is 1.30. The van der Waals surface area contributed by atoms with Crippen LogP contribution in [0.4, 0.5) is 0 Å². The number of benzene rings is 3. The average molecular weight is 511 g/mol. The number of carbonyl (C=O) groups is 2. The zero-order valence-corrected chi connectivity index (χ0v) is 21.0. The Bertz CT molecular complexity index is 1660. The van der Waals surface area contributed by atoms with Crippen LogP contribution in [0, 0.1) is 11.3 Å². The highest BCUT2D eigenvalue weighted by Crippen LogP contribution is 2.15. The molecule has 37 heavy (non-hydrogen) atoms. The second-order valence-corrected chi connectivity index (χ2v) is 8.81. The first kappa shape index (κ1) is 25.4. The van der Waals surface area contributed by atoms with Crippen molar-refractivity contribution in [2.24, 2.45) is 0 Å². The molecule has 0 N–H and O–H groups in total. The van der Waals surface area contributed by atoms with Crippen LogP contribution in [0.1, 0.15) is 33.2 Å². The molecule has 0 atom stereocenters. The molecule has 0 radical (unpaired) electrons. The molecule has 7 nitrogen and oxygen atoms in total. The molecule has 0 spiro atoms. The Kier molecular flexibility index (Phi) is 7.77. The molecule has 1 heterocycles. The first-order chi connectivity index (χ1) is 18.0. The minimum atomic E-state index is -0.474. The molecule has 0 amide bonds. The van der Waals surface area contributed by atoms with Gasteiger partial charge < -0.3 is 9.47 Å². The largest absolute Gasteiger partial charge is 0.494 e. The number of nitriles is 1. The molecule has 0 bridgehead atoms. The van der Waals surface area contributed by atoms with Crippen LogP contribution in [0.2, 0.25) is 0 Å². The van der Waals surface area contributed by atoms with E-state index in [2.05, 4.69) is 0 Å². The zero-order valence-electron chi connectivity index (χ0n) is 20.1. The Morgan fingerprint density at radius 3 is 2.24 bits per heavy atom. The Morgan fingerprint density at radius 1 is 0.973 bits per heavy atom. The van der Waals surface area contributed by atoms with Crippen molar-refractivity contribution < 1.29 is 19.1 Å². The molecular formula is C29H22N2O5S. The summed E-state index contributed by atoms with van der Waals surface area (Å²) in [6, 6.07) is 23.9. The van der Waals surface area contributed by atoms with Crippen LogP contribution in [0.3, 0.4) is 0 Å². The second kappa shape index (κ2) is 11.3. The highest BCUT2D eigenvalue weighted by atomic mass is 32.1. The third-order valence-electron chi connectivity index (χ3n) is 5.45. The van der Waals surface area contributed by atoms with E-state index in [4.69, 9.17) is 9.47 Å². The summed E-state index contributed by atoms with van der Waals surface area (Å²) >= 11 is 1.05. The number of ketones is 1. The zero-order chi connectivity index (χ0) is 26.4. The molecule has 1 aromatic heterocycles. The number of esters is 1. The standard InChI is InChI=1S/C29H22N2O5S/c1-3-36-23-15-13-22(14-16-23)31-27(33)25(17-19-9-11-21(12-10-19)29(34)35-2)37-28(31)24(18-30)26(32)20-7-5-4-6-8-20/h4-17H,3H2,1-2H3/b25-17-,28-24-. The lowest BCUT2D eigenvalue weighted by molar-refractivity contribution is 0.0600. The summed E-state index contributed by atoms with van der Waals surface area (Å²) in [5.41, 5.74) is 1.38. The number of Topliss-reactive ketones (excluding diaryl/α,β-unsaturated/α-hetero) is 1. The van der Waals surface area contributed by atoms with Crippen LogP contribution in [-0.2, 0) is 4.74 Å². The van der Waals surface area contributed by atoms with Crippen LogP contribution >= 0.6 is 11.3 Å². The van der Waals surface area contributed by atoms with E-state index in [-0.39, 0.29) is 15.8 Å². The van der Waals surface area contributed by atoms with Crippen molar-refractivity contribution in [1.82, 2.24) is 4.57 Å². The quantitative estimate of drug-likeness (QED) is 0.279. The van der Waals surface area contributed by atoms with Gasteiger partial charge in [-0.3, -0.25) is 14.2 Å². The smallest absolute Gasteiger partial charge is 0.337 e. The molecule has 0 unspecified atom stereocenters. The molecule has 0 saturated heterocycles. The van der Waals surface area contributed by atoms with Gasteiger partial charge in [-0.25, -0.2) is 4.79 Å². The topological polar surface area (TPSA) is 98.4 Å². The SMILES string of the molecule is CCOc1ccc(-n2c(=O)/c(=C/c3ccc(C(=O)OC)cc3)s/c2=C(/C#N)C(=O)c2ccccc2)cc1. The average Bonchev–Trinajstić information content (AvgIpc) is 3.25. The van der Waals surface area contributed by atoms with Gasteiger partial charge in [-0.05, 0) is 55.0 Å². The maximum atomic E-state index is 13.6. The van der Waals surface area contributed by atoms with E-state index >= 15 is 0 Å². The van der Waals surface area contributed by atoms with Crippen LogP contribution < -0.4 is 19.5 Å². The molecule has 0 aliphatic heterocycles.